The monoisotopic (exact) mass is 605 g/mol. The molecule has 1 aliphatic rings. The molecule has 0 aliphatic heterocycles. The molecule has 3 N–H and O–H groups in total. The number of rotatable bonds is 8. The van der Waals surface area contributed by atoms with Crippen LogP contribution in [0.25, 0.3) is 31.7 Å². The van der Waals surface area contributed by atoms with Crippen molar-refractivity contribution >= 4 is 55.7 Å². The van der Waals surface area contributed by atoms with Gasteiger partial charge in [0.2, 0.25) is 0 Å². The van der Waals surface area contributed by atoms with Gasteiger partial charge in [0.25, 0.3) is 11.8 Å². The first kappa shape index (κ1) is 27.5. The van der Waals surface area contributed by atoms with E-state index in [1.165, 1.54) is 22.5 Å². The lowest BCUT2D eigenvalue weighted by Gasteiger charge is -2.15. The third-order valence-electron chi connectivity index (χ3n) is 8.09. The first-order valence-electron chi connectivity index (χ1n) is 14.5. The Balaban J connectivity index is 1.28. The smallest absolute Gasteiger partial charge is 0.261 e. The second-order valence-electron chi connectivity index (χ2n) is 11.5. The Labute approximate surface area is 257 Å². The quantitative estimate of drug-likeness (QED) is 0.193. The summed E-state index contributed by atoms with van der Waals surface area (Å²) in [6.07, 6.45) is 4.48. The SMILES string of the molecule is CC(C)Cc1nc2c(ccn2Cc2ccc3ncsc3c2)c(-c2ccc(C(=O)NC3CCc4ccccc43)s2)c1C(N)=O. The number of aryl methyl sites for hydroxylation is 1. The van der Waals surface area contributed by atoms with Gasteiger partial charge in [-0.2, -0.15) is 0 Å². The molecule has 0 radical (unpaired) electrons. The van der Waals surface area contributed by atoms with Gasteiger partial charge in [-0.15, -0.1) is 22.7 Å². The van der Waals surface area contributed by atoms with Gasteiger partial charge in [0, 0.05) is 28.6 Å². The van der Waals surface area contributed by atoms with E-state index >= 15 is 0 Å². The number of nitrogens with two attached hydrogens (primary N) is 1. The summed E-state index contributed by atoms with van der Waals surface area (Å²) in [6, 6.07) is 20.4. The maximum Gasteiger partial charge on any atom is 0.261 e. The lowest BCUT2D eigenvalue weighted by atomic mass is 9.96. The number of nitrogens with zero attached hydrogens (tertiary/aromatic N) is 3. The minimum Gasteiger partial charge on any atom is -0.366 e. The van der Waals surface area contributed by atoms with E-state index in [-0.39, 0.29) is 17.9 Å². The van der Waals surface area contributed by atoms with E-state index in [2.05, 4.69) is 53.0 Å². The second kappa shape index (κ2) is 11.1. The summed E-state index contributed by atoms with van der Waals surface area (Å²) < 4.78 is 3.26. The number of primary amides is 1. The minimum absolute atomic E-state index is 0.00100. The number of nitrogens with one attached hydrogen (secondary N) is 1. The van der Waals surface area contributed by atoms with Crippen molar-refractivity contribution < 1.29 is 9.59 Å². The number of amides is 2. The first-order chi connectivity index (χ1) is 20.9. The van der Waals surface area contributed by atoms with Crippen LogP contribution < -0.4 is 11.1 Å². The maximum absolute atomic E-state index is 13.4. The fourth-order valence-corrected chi connectivity index (χ4v) is 7.87. The van der Waals surface area contributed by atoms with Crippen LogP contribution in [0.3, 0.4) is 0 Å². The number of pyridine rings is 1. The molecule has 216 valence electrons. The molecule has 0 spiro atoms. The van der Waals surface area contributed by atoms with Gasteiger partial charge < -0.3 is 15.6 Å². The van der Waals surface area contributed by atoms with Crippen molar-refractivity contribution in [2.24, 2.45) is 11.7 Å². The number of hydrogen-bond acceptors (Lipinski definition) is 6. The molecule has 4 aromatic heterocycles. The highest BCUT2D eigenvalue weighted by molar-refractivity contribution is 7.17. The molecular formula is C34H31N5O2S2. The van der Waals surface area contributed by atoms with Crippen LogP contribution in [-0.2, 0) is 19.4 Å². The predicted octanol–water partition coefficient (Wildman–Crippen LogP) is 7.14. The minimum atomic E-state index is -0.509. The number of aromatic nitrogens is 3. The fourth-order valence-electron chi connectivity index (χ4n) is 6.16. The van der Waals surface area contributed by atoms with Crippen molar-refractivity contribution in [1.29, 1.82) is 0 Å². The van der Waals surface area contributed by atoms with Crippen LogP contribution >= 0.6 is 22.7 Å². The maximum atomic E-state index is 13.4. The van der Waals surface area contributed by atoms with Crippen molar-refractivity contribution in [3.05, 3.63) is 105 Å². The molecule has 0 bridgehead atoms. The van der Waals surface area contributed by atoms with Crippen LogP contribution in [0, 0.1) is 5.92 Å². The summed E-state index contributed by atoms with van der Waals surface area (Å²) in [5, 5.41) is 4.08. The Hall–Kier alpha value is -4.34. The second-order valence-corrected chi connectivity index (χ2v) is 13.5. The molecular weight excluding hydrogens is 575 g/mol. The number of fused-ring (bicyclic) bond motifs is 3. The number of thiophene rings is 1. The lowest BCUT2D eigenvalue weighted by Crippen LogP contribution is -2.26. The van der Waals surface area contributed by atoms with Gasteiger partial charge in [0.15, 0.2) is 0 Å². The van der Waals surface area contributed by atoms with E-state index in [1.54, 1.807) is 11.3 Å². The van der Waals surface area contributed by atoms with E-state index in [4.69, 9.17) is 10.7 Å². The summed E-state index contributed by atoms with van der Waals surface area (Å²) >= 11 is 3.01. The van der Waals surface area contributed by atoms with Crippen molar-refractivity contribution in [1.82, 2.24) is 19.9 Å². The van der Waals surface area contributed by atoms with Crippen LogP contribution in [0.1, 0.15) is 68.7 Å². The van der Waals surface area contributed by atoms with E-state index in [9.17, 15) is 9.59 Å². The zero-order valence-corrected chi connectivity index (χ0v) is 25.6. The van der Waals surface area contributed by atoms with E-state index < -0.39 is 5.91 Å². The standard InChI is InChI=1S/C34H31N5O2S2/c1-19(2)15-26-31(32(35)40)30(23-13-14-39(33(23)37-26)17-20-7-9-25-29(16-20)42-18-36-25)27-11-12-28(43-27)34(41)38-24-10-8-21-5-3-4-6-22(21)24/h3-7,9,11-14,16,18-19,24H,8,10,15,17H2,1-2H3,(H2,35,40)(H,38,41). The average Bonchev–Trinajstić information content (AvgIpc) is 3.79. The summed E-state index contributed by atoms with van der Waals surface area (Å²) in [7, 11) is 0. The van der Waals surface area contributed by atoms with Gasteiger partial charge in [-0.3, -0.25) is 9.59 Å². The fraction of sp³-hybridized carbons (Fsp3) is 0.235. The molecule has 43 heavy (non-hydrogen) atoms. The van der Waals surface area contributed by atoms with Crippen LogP contribution in [0.4, 0.5) is 0 Å². The molecule has 1 aliphatic carbocycles. The molecule has 0 saturated carbocycles. The van der Waals surface area contributed by atoms with Gasteiger partial charge in [0.05, 0.1) is 37.9 Å². The number of benzene rings is 2. The topological polar surface area (TPSA) is 103 Å². The predicted molar refractivity (Wildman–Crippen MR) is 174 cm³/mol. The number of hydrogen-bond donors (Lipinski definition) is 2. The van der Waals surface area contributed by atoms with Crippen molar-refractivity contribution in [3.63, 3.8) is 0 Å². The van der Waals surface area contributed by atoms with Crippen molar-refractivity contribution in [2.45, 2.75) is 45.7 Å². The largest absolute Gasteiger partial charge is 0.366 e. The summed E-state index contributed by atoms with van der Waals surface area (Å²) in [6.45, 7) is 4.84. The van der Waals surface area contributed by atoms with Gasteiger partial charge in [0.1, 0.15) is 5.65 Å². The van der Waals surface area contributed by atoms with Crippen LogP contribution in [0.2, 0.25) is 0 Å². The Morgan fingerprint density at radius 2 is 1.98 bits per heavy atom. The molecule has 7 nitrogen and oxygen atoms in total. The molecule has 6 aromatic rings. The molecule has 0 saturated heterocycles. The molecule has 7 rings (SSSR count). The van der Waals surface area contributed by atoms with Gasteiger partial charge in [-0.05, 0) is 72.2 Å². The highest BCUT2D eigenvalue weighted by atomic mass is 32.1. The summed E-state index contributed by atoms with van der Waals surface area (Å²) in [5.41, 5.74) is 15.2. The molecule has 1 atom stereocenters. The van der Waals surface area contributed by atoms with Crippen LogP contribution in [-0.4, -0.2) is 26.3 Å². The Morgan fingerprint density at radius 1 is 1.12 bits per heavy atom. The average molecular weight is 606 g/mol. The third-order valence-corrected chi connectivity index (χ3v) is 9.99. The van der Waals surface area contributed by atoms with Crippen molar-refractivity contribution in [2.75, 3.05) is 0 Å². The third kappa shape index (κ3) is 5.13. The Kier molecular flexibility index (Phi) is 7.07. The number of carbonyl (C=O) groups is 2. The molecule has 2 amide bonds. The zero-order chi connectivity index (χ0) is 29.7. The van der Waals surface area contributed by atoms with E-state index in [1.807, 2.05) is 48.1 Å². The Morgan fingerprint density at radius 3 is 2.81 bits per heavy atom. The lowest BCUT2D eigenvalue weighted by molar-refractivity contribution is 0.0939. The normalized spacial score (nSPS) is 14.5. The Bertz CT molecular complexity index is 2020. The molecule has 0 fully saturated rings. The van der Waals surface area contributed by atoms with Crippen molar-refractivity contribution in [3.8, 4) is 10.4 Å². The first-order valence-corrected chi connectivity index (χ1v) is 16.2. The molecule has 2 aromatic carbocycles. The van der Waals surface area contributed by atoms with Crippen LogP contribution in [0.15, 0.2) is 72.4 Å². The molecule has 1 unspecified atom stereocenters. The molecule has 4 heterocycles. The van der Waals surface area contributed by atoms with Gasteiger partial charge in [-0.1, -0.05) is 44.2 Å². The zero-order valence-electron chi connectivity index (χ0n) is 24.0. The summed E-state index contributed by atoms with van der Waals surface area (Å²) in [4.78, 5) is 37.3. The van der Waals surface area contributed by atoms with Gasteiger partial charge in [-0.25, -0.2) is 9.97 Å². The van der Waals surface area contributed by atoms with Crippen LogP contribution in [0.5, 0.6) is 0 Å². The highest BCUT2D eigenvalue weighted by Crippen LogP contribution is 2.39. The summed E-state index contributed by atoms with van der Waals surface area (Å²) in [5.74, 6) is -0.347. The van der Waals surface area contributed by atoms with E-state index in [0.717, 1.165) is 50.1 Å². The number of carbonyl (C=O) groups excluding carboxylic acids is 2. The molecule has 9 heteroatoms. The van der Waals surface area contributed by atoms with E-state index in [0.29, 0.717) is 29.1 Å². The van der Waals surface area contributed by atoms with Gasteiger partial charge >= 0.3 is 0 Å². The number of thiazole rings is 1. The highest BCUT2D eigenvalue weighted by Gasteiger charge is 2.27.